The van der Waals surface area contributed by atoms with Gasteiger partial charge in [0.1, 0.15) is 0 Å². The van der Waals surface area contributed by atoms with Crippen molar-refractivity contribution in [3.8, 4) is 0 Å². The molecule has 1 aromatic rings. The zero-order valence-corrected chi connectivity index (χ0v) is 12.4. The Morgan fingerprint density at radius 3 is 2.30 bits per heavy atom. The molecular weight excluding hydrogens is 315 g/mol. The smallest absolute Gasteiger partial charge is 0.207 e. The summed E-state index contributed by atoms with van der Waals surface area (Å²) in [4.78, 5) is -0.730. The van der Waals surface area contributed by atoms with Gasteiger partial charge in [-0.3, -0.25) is 0 Å². The van der Waals surface area contributed by atoms with Gasteiger partial charge in [-0.25, -0.2) is 8.42 Å². The second-order valence-corrected chi connectivity index (χ2v) is 6.37. The zero-order chi connectivity index (χ0) is 15.4. The van der Waals surface area contributed by atoms with Crippen LogP contribution >= 0.6 is 11.6 Å². The van der Waals surface area contributed by atoms with Crippen LogP contribution in [0.5, 0.6) is 0 Å². The molecule has 0 atom stereocenters. The third-order valence-corrected chi connectivity index (χ3v) is 4.74. The minimum atomic E-state index is -4.72. The lowest BCUT2D eigenvalue weighted by Gasteiger charge is -2.22. The van der Waals surface area contributed by atoms with Crippen molar-refractivity contribution in [2.24, 2.45) is 0 Å². The van der Waals surface area contributed by atoms with Crippen molar-refractivity contribution in [2.45, 2.75) is 24.4 Å². The third-order valence-electron chi connectivity index (χ3n) is 2.62. The van der Waals surface area contributed by atoms with E-state index in [1.807, 2.05) is 0 Å². The molecule has 0 aliphatic heterocycles. The summed E-state index contributed by atoms with van der Waals surface area (Å²) in [6.45, 7) is 1.84. The summed E-state index contributed by atoms with van der Waals surface area (Å²) in [5.41, 5.74) is -1.16. The Balaban J connectivity index is 3.34. The van der Waals surface area contributed by atoms with Gasteiger partial charge >= 0.3 is 6.18 Å². The van der Waals surface area contributed by atoms with E-state index < -0.39 is 26.7 Å². The van der Waals surface area contributed by atoms with Crippen LogP contribution in [-0.4, -0.2) is 31.7 Å². The average molecular weight is 330 g/mol. The summed E-state index contributed by atoms with van der Waals surface area (Å²) in [6, 6.07) is 4.16. The van der Waals surface area contributed by atoms with Gasteiger partial charge in [-0.2, -0.15) is 17.5 Å². The number of rotatable bonds is 6. The first-order chi connectivity index (χ1) is 9.25. The second-order valence-electron chi connectivity index (χ2n) is 4.09. The minimum Gasteiger partial charge on any atom is -0.207 e. The molecule has 0 aliphatic rings. The topological polar surface area (TPSA) is 37.4 Å². The molecule has 0 N–H and O–H groups in total. The lowest BCUT2D eigenvalue weighted by Crippen LogP contribution is -2.34. The van der Waals surface area contributed by atoms with Crippen molar-refractivity contribution in [3.05, 3.63) is 29.8 Å². The predicted octanol–water partition coefficient (Wildman–Crippen LogP) is 3.34. The van der Waals surface area contributed by atoms with E-state index in [0.717, 1.165) is 22.5 Å². The SMILES string of the molecule is CCCN(CCCl)S(=O)(=O)c1ccccc1C(F)(F)F. The van der Waals surface area contributed by atoms with Crippen LogP contribution in [0.25, 0.3) is 0 Å². The first kappa shape index (κ1) is 17.3. The van der Waals surface area contributed by atoms with E-state index in [9.17, 15) is 21.6 Å². The highest BCUT2D eigenvalue weighted by molar-refractivity contribution is 7.89. The van der Waals surface area contributed by atoms with Gasteiger partial charge in [0, 0.05) is 19.0 Å². The normalized spacial score (nSPS) is 12.9. The largest absolute Gasteiger partial charge is 0.417 e. The fraction of sp³-hybridized carbons (Fsp3) is 0.500. The summed E-state index contributed by atoms with van der Waals surface area (Å²) >= 11 is 5.53. The molecule has 0 fully saturated rings. The Morgan fingerprint density at radius 1 is 1.20 bits per heavy atom. The van der Waals surface area contributed by atoms with Crippen molar-refractivity contribution in [1.82, 2.24) is 4.31 Å². The Morgan fingerprint density at radius 2 is 1.80 bits per heavy atom. The highest BCUT2D eigenvalue weighted by Crippen LogP contribution is 2.35. The monoisotopic (exact) mass is 329 g/mol. The lowest BCUT2D eigenvalue weighted by molar-refractivity contribution is -0.139. The van der Waals surface area contributed by atoms with E-state index in [2.05, 4.69) is 0 Å². The van der Waals surface area contributed by atoms with Crippen LogP contribution in [-0.2, 0) is 16.2 Å². The van der Waals surface area contributed by atoms with Crippen molar-refractivity contribution >= 4 is 21.6 Å². The van der Waals surface area contributed by atoms with Crippen molar-refractivity contribution in [3.63, 3.8) is 0 Å². The Labute approximate surface area is 121 Å². The van der Waals surface area contributed by atoms with Crippen LogP contribution in [0.3, 0.4) is 0 Å². The highest BCUT2D eigenvalue weighted by Gasteiger charge is 2.38. The van der Waals surface area contributed by atoms with Crippen LogP contribution < -0.4 is 0 Å². The number of alkyl halides is 4. The summed E-state index contributed by atoms with van der Waals surface area (Å²) in [5.74, 6) is 0.0212. The van der Waals surface area contributed by atoms with Crippen LogP contribution in [0, 0.1) is 0 Å². The second kappa shape index (κ2) is 6.78. The third kappa shape index (κ3) is 3.86. The molecule has 0 amide bonds. The summed E-state index contributed by atoms with van der Waals surface area (Å²) in [5, 5.41) is 0. The van der Waals surface area contributed by atoms with E-state index in [1.165, 1.54) is 6.07 Å². The number of halogens is 4. The maximum absolute atomic E-state index is 12.9. The Kier molecular flexibility index (Phi) is 5.85. The van der Waals surface area contributed by atoms with Gasteiger partial charge in [0.05, 0.1) is 10.5 Å². The maximum atomic E-state index is 12.9. The first-order valence-electron chi connectivity index (χ1n) is 5.97. The molecule has 114 valence electrons. The molecule has 0 radical (unpaired) electrons. The molecule has 0 saturated heterocycles. The van der Waals surface area contributed by atoms with Gasteiger partial charge in [-0.15, -0.1) is 11.6 Å². The van der Waals surface area contributed by atoms with Gasteiger partial charge in [0.15, 0.2) is 0 Å². The van der Waals surface area contributed by atoms with Gasteiger partial charge in [0.25, 0.3) is 0 Å². The number of sulfonamides is 1. The Hall–Kier alpha value is -0.790. The van der Waals surface area contributed by atoms with Crippen molar-refractivity contribution in [2.75, 3.05) is 19.0 Å². The molecule has 0 spiro atoms. The number of nitrogens with zero attached hydrogens (tertiary/aromatic N) is 1. The maximum Gasteiger partial charge on any atom is 0.417 e. The van der Waals surface area contributed by atoms with Crippen LogP contribution in [0.2, 0.25) is 0 Å². The number of hydrogen-bond acceptors (Lipinski definition) is 2. The minimum absolute atomic E-state index is 0.0212. The van der Waals surface area contributed by atoms with Crippen LogP contribution in [0.15, 0.2) is 29.2 Å². The fourth-order valence-electron chi connectivity index (χ4n) is 1.76. The molecule has 0 saturated carbocycles. The van der Waals surface area contributed by atoms with Gasteiger partial charge < -0.3 is 0 Å². The molecule has 0 aromatic heterocycles. The van der Waals surface area contributed by atoms with E-state index in [0.29, 0.717) is 6.42 Å². The van der Waals surface area contributed by atoms with Crippen molar-refractivity contribution < 1.29 is 21.6 Å². The fourth-order valence-corrected chi connectivity index (χ4v) is 3.81. The molecule has 1 aromatic carbocycles. The van der Waals surface area contributed by atoms with Gasteiger partial charge in [-0.05, 0) is 18.6 Å². The van der Waals surface area contributed by atoms with E-state index in [-0.39, 0.29) is 19.0 Å². The van der Waals surface area contributed by atoms with Crippen LogP contribution in [0.1, 0.15) is 18.9 Å². The van der Waals surface area contributed by atoms with Gasteiger partial charge in [-0.1, -0.05) is 19.1 Å². The first-order valence-corrected chi connectivity index (χ1v) is 7.95. The van der Waals surface area contributed by atoms with Gasteiger partial charge in [0.2, 0.25) is 10.0 Å². The molecule has 8 heteroatoms. The molecule has 0 aliphatic carbocycles. The number of benzene rings is 1. The standard InChI is InChI=1S/C12H15ClF3NO2S/c1-2-8-17(9-7-13)20(18,19)11-6-4-3-5-10(11)12(14,15)16/h3-6H,2,7-9H2,1H3. The zero-order valence-electron chi connectivity index (χ0n) is 10.8. The molecule has 0 heterocycles. The molecular formula is C12H15ClF3NO2S. The van der Waals surface area contributed by atoms with E-state index in [1.54, 1.807) is 6.92 Å². The predicted molar refractivity (Wildman–Crippen MR) is 71.2 cm³/mol. The quantitative estimate of drug-likeness (QED) is 0.751. The molecule has 3 nitrogen and oxygen atoms in total. The number of hydrogen-bond donors (Lipinski definition) is 0. The highest BCUT2D eigenvalue weighted by atomic mass is 35.5. The van der Waals surface area contributed by atoms with E-state index >= 15 is 0 Å². The summed E-state index contributed by atoms with van der Waals surface area (Å²) in [6.07, 6.45) is -4.23. The average Bonchev–Trinajstić information content (AvgIpc) is 2.37. The summed E-state index contributed by atoms with van der Waals surface area (Å²) in [7, 11) is -4.21. The van der Waals surface area contributed by atoms with Crippen LogP contribution in [0.4, 0.5) is 13.2 Å². The van der Waals surface area contributed by atoms with Crippen molar-refractivity contribution in [1.29, 1.82) is 0 Å². The molecule has 1 rings (SSSR count). The molecule has 0 bridgehead atoms. The van der Waals surface area contributed by atoms with E-state index in [4.69, 9.17) is 11.6 Å². The molecule has 0 unspecified atom stereocenters. The lowest BCUT2D eigenvalue weighted by atomic mass is 10.2. The summed E-state index contributed by atoms with van der Waals surface area (Å²) < 4.78 is 64.4. The molecule has 20 heavy (non-hydrogen) atoms. The Bertz CT molecular complexity index is 540.